The molecule has 3 N–H and O–H groups in total. The summed E-state index contributed by atoms with van der Waals surface area (Å²) in [4.78, 5) is 26.9. The number of carbonyl (C=O) groups excluding carboxylic acids is 1. The predicted molar refractivity (Wildman–Crippen MR) is 80.1 cm³/mol. The molecule has 0 saturated heterocycles. The number of nitrogens with one attached hydrogen (secondary N) is 2. The standard InChI is InChI=1S/C15H15N3O3/c1-2-5-13(14(19)20)18-15(21)17-11-8-10-6-3-4-7-12(10)16-9-11/h2-4,6-9,13H,1,5H2,(H,19,20)(H2,17,18,21). The van der Waals surface area contributed by atoms with Gasteiger partial charge in [-0.1, -0.05) is 24.3 Å². The lowest BCUT2D eigenvalue weighted by Gasteiger charge is -2.13. The number of para-hydroxylation sites is 1. The fourth-order valence-electron chi connectivity index (χ4n) is 1.85. The number of aromatic nitrogens is 1. The van der Waals surface area contributed by atoms with Crippen molar-refractivity contribution in [2.24, 2.45) is 0 Å². The van der Waals surface area contributed by atoms with E-state index < -0.39 is 18.0 Å². The maximum Gasteiger partial charge on any atom is 0.326 e. The number of nitrogens with zero attached hydrogens (tertiary/aromatic N) is 1. The summed E-state index contributed by atoms with van der Waals surface area (Å²) in [6, 6.07) is 7.66. The highest BCUT2D eigenvalue weighted by Gasteiger charge is 2.18. The van der Waals surface area contributed by atoms with Crippen LogP contribution in [0.1, 0.15) is 6.42 Å². The molecule has 1 unspecified atom stereocenters. The van der Waals surface area contributed by atoms with Crippen LogP contribution >= 0.6 is 0 Å². The Morgan fingerprint density at radius 2 is 2.14 bits per heavy atom. The number of carboxylic acids is 1. The van der Waals surface area contributed by atoms with Crippen LogP contribution in [0.2, 0.25) is 0 Å². The van der Waals surface area contributed by atoms with E-state index in [9.17, 15) is 9.59 Å². The molecule has 1 atom stereocenters. The van der Waals surface area contributed by atoms with Gasteiger partial charge in [0, 0.05) is 5.39 Å². The molecule has 0 fully saturated rings. The molecule has 0 bridgehead atoms. The number of fused-ring (bicyclic) bond motifs is 1. The van der Waals surface area contributed by atoms with Crippen LogP contribution in [0, 0.1) is 0 Å². The van der Waals surface area contributed by atoms with Gasteiger partial charge in [-0.05, 0) is 18.6 Å². The molecule has 108 valence electrons. The molecule has 0 saturated carbocycles. The number of aliphatic carboxylic acids is 1. The van der Waals surface area contributed by atoms with Crippen molar-refractivity contribution in [2.75, 3.05) is 5.32 Å². The normalized spacial score (nSPS) is 11.6. The zero-order chi connectivity index (χ0) is 15.2. The van der Waals surface area contributed by atoms with E-state index in [1.54, 1.807) is 6.07 Å². The van der Waals surface area contributed by atoms with Crippen molar-refractivity contribution in [3.63, 3.8) is 0 Å². The van der Waals surface area contributed by atoms with Crippen LogP contribution in [0.3, 0.4) is 0 Å². The summed E-state index contributed by atoms with van der Waals surface area (Å²) in [6.45, 7) is 3.46. The van der Waals surface area contributed by atoms with E-state index >= 15 is 0 Å². The van der Waals surface area contributed by atoms with Crippen LogP contribution in [0.4, 0.5) is 10.5 Å². The Morgan fingerprint density at radius 3 is 2.86 bits per heavy atom. The van der Waals surface area contributed by atoms with Crippen molar-refractivity contribution in [3.05, 3.63) is 49.2 Å². The van der Waals surface area contributed by atoms with E-state index in [1.165, 1.54) is 12.3 Å². The maximum atomic E-state index is 11.8. The van der Waals surface area contributed by atoms with Crippen molar-refractivity contribution in [2.45, 2.75) is 12.5 Å². The van der Waals surface area contributed by atoms with E-state index in [-0.39, 0.29) is 6.42 Å². The molecule has 1 aromatic heterocycles. The number of carbonyl (C=O) groups is 2. The van der Waals surface area contributed by atoms with Gasteiger partial charge in [-0.3, -0.25) is 4.98 Å². The Morgan fingerprint density at radius 1 is 1.38 bits per heavy atom. The first kappa shape index (κ1) is 14.5. The Labute approximate surface area is 121 Å². The number of hydrogen-bond donors (Lipinski definition) is 3. The highest BCUT2D eigenvalue weighted by atomic mass is 16.4. The molecule has 2 rings (SSSR count). The minimum atomic E-state index is -1.11. The molecule has 21 heavy (non-hydrogen) atoms. The van der Waals surface area contributed by atoms with E-state index in [2.05, 4.69) is 22.2 Å². The highest BCUT2D eigenvalue weighted by Crippen LogP contribution is 2.15. The van der Waals surface area contributed by atoms with Gasteiger partial charge in [-0.2, -0.15) is 0 Å². The molecule has 2 amide bonds. The van der Waals surface area contributed by atoms with Gasteiger partial charge in [0.15, 0.2) is 0 Å². The second-order valence-electron chi connectivity index (χ2n) is 4.43. The van der Waals surface area contributed by atoms with Crippen LogP contribution in [0.15, 0.2) is 49.2 Å². The van der Waals surface area contributed by atoms with Crippen molar-refractivity contribution >= 4 is 28.6 Å². The number of benzene rings is 1. The first-order chi connectivity index (χ1) is 10.1. The fraction of sp³-hybridized carbons (Fsp3) is 0.133. The number of urea groups is 1. The minimum Gasteiger partial charge on any atom is -0.480 e. The number of carboxylic acid groups (broad SMARTS) is 1. The molecule has 0 spiro atoms. The van der Waals surface area contributed by atoms with Crippen LogP contribution < -0.4 is 10.6 Å². The van der Waals surface area contributed by atoms with Gasteiger partial charge in [0.05, 0.1) is 17.4 Å². The summed E-state index contributed by atoms with van der Waals surface area (Å²) in [5, 5.41) is 14.8. The smallest absolute Gasteiger partial charge is 0.326 e. The average Bonchev–Trinajstić information content (AvgIpc) is 2.46. The number of hydrogen-bond acceptors (Lipinski definition) is 3. The monoisotopic (exact) mass is 285 g/mol. The Bertz CT molecular complexity index is 685. The van der Waals surface area contributed by atoms with Gasteiger partial charge < -0.3 is 15.7 Å². The van der Waals surface area contributed by atoms with Gasteiger partial charge in [0.2, 0.25) is 0 Å². The summed E-state index contributed by atoms with van der Waals surface area (Å²) in [7, 11) is 0. The zero-order valence-corrected chi connectivity index (χ0v) is 11.2. The Balaban J connectivity index is 2.06. The van der Waals surface area contributed by atoms with Crippen molar-refractivity contribution in [3.8, 4) is 0 Å². The van der Waals surface area contributed by atoms with E-state index in [1.807, 2.05) is 24.3 Å². The number of rotatable bonds is 5. The van der Waals surface area contributed by atoms with Gasteiger partial charge >= 0.3 is 12.0 Å². The Hall–Kier alpha value is -2.89. The van der Waals surface area contributed by atoms with Crippen LogP contribution in [-0.4, -0.2) is 28.1 Å². The minimum absolute atomic E-state index is 0.152. The van der Waals surface area contributed by atoms with Gasteiger partial charge in [0.1, 0.15) is 6.04 Å². The van der Waals surface area contributed by atoms with Crippen molar-refractivity contribution in [1.82, 2.24) is 10.3 Å². The van der Waals surface area contributed by atoms with Crippen LogP contribution in [0.5, 0.6) is 0 Å². The fourth-order valence-corrected chi connectivity index (χ4v) is 1.85. The molecule has 1 heterocycles. The summed E-state index contributed by atoms with van der Waals surface area (Å²) < 4.78 is 0. The first-order valence-corrected chi connectivity index (χ1v) is 6.36. The largest absolute Gasteiger partial charge is 0.480 e. The molecule has 0 aliphatic rings. The summed E-state index contributed by atoms with van der Waals surface area (Å²) in [6.07, 6.45) is 3.11. The molecule has 6 heteroatoms. The lowest BCUT2D eigenvalue weighted by molar-refractivity contribution is -0.139. The lowest BCUT2D eigenvalue weighted by Crippen LogP contribution is -2.42. The maximum absolute atomic E-state index is 11.8. The number of pyridine rings is 1. The molecular formula is C15H15N3O3. The Kier molecular flexibility index (Phi) is 4.50. The van der Waals surface area contributed by atoms with E-state index in [0.29, 0.717) is 5.69 Å². The summed E-state index contributed by atoms with van der Waals surface area (Å²) >= 11 is 0. The number of amides is 2. The summed E-state index contributed by atoms with van der Waals surface area (Å²) in [5.74, 6) is -1.11. The zero-order valence-electron chi connectivity index (χ0n) is 11.2. The quantitative estimate of drug-likeness (QED) is 0.735. The van der Waals surface area contributed by atoms with Crippen LogP contribution in [-0.2, 0) is 4.79 Å². The van der Waals surface area contributed by atoms with Crippen molar-refractivity contribution < 1.29 is 14.7 Å². The van der Waals surface area contributed by atoms with Crippen molar-refractivity contribution in [1.29, 1.82) is 0 Å². The third-order valence-corrected chi connectivity index (χ3v) is 2.85. The van der Waals surface area contributed by atoms with E-state index in [0.717, 1.165) is 10.9 Å². The molecular weight excluding hydrogens is 270 g/mol. The second-order valence-corrected chi connectivity index (χ2v) is 4.43. The van der Waals surface area contributed by atoms with E-state index in [4.69, 9.17) is 5.11 Å². The lowest BCUT2D eigenvalue weighted by atomic mass is 10.2. The second kappa shape index (κ2) is 6.51. The molecule has 0 aliphatic carbocycles. The van der Waals surface area contributed by atoms with Crippen LogP contribution in [0.25, 0.3) is 10.9 Å². The SMILES string of the molecule is C=CCC(NC(=O)Nc1cnc2ccccc2c1)C(=O)O. The molecule has 0 aliphatic heterocycles. The van der Waals surface area contributed by atoms with Gasteiger partial charge in [-0.25, -0.2) is 9.59 Å². The summed E-state index contributed by atoms with van der Waals surface area (Å²) in [5.41, 5.74) is 1.31. The average molecular weight is 285 g/mol. The number of anilines is 1. The molecule has 2 aromatic rings. The third kappa shape index (κ3) is 3.79. The topological polar surface area (TPSA) is 91.3 Å². The predicted octanol–water partition coefficient (Wildman–Crippen LogP) is 2.39. The third-order valence-electron chi connectivity index (χ3n) is 2.85. The van der Waals surface area contributed by atoms with Gasteiger partial charge in [-0.15, -0.1) is 6.58 Å². The first-order valence-electron chi connectivity index (χ1n) is 6.36. The van der Waals surface area contributed by atoms with Gasteiger partial charge in [0.25, 0.3) is 0 Å². The molecule has 0 radical (unpaired) electrons. The highest BCUT2D eigenvalue weighted by molar-refractivity contribution is 5.94. The molecule has 1 aromatic carbocycles. The molecule has 6 nitrogen and oxygen atoms in total.